The summed E-state index contributed by atoms with van der Waals surface area (Å²) >= 11 is 0. The summed E-state index contributed by atoms with van der Waals surface area (Å²) in [6, 6.07) is 5.97. The fraction of sp³-hybridized carbons (Fsp3) is 0.632. The molecule has 1 aromatic carbocycles. The van der Waals surface area contributed by atoms with Crippen molar-refractivity contribution in [3.05, 3.63) is 30.1 Å². The molecule has 158 valence electrons. The fourth-order valence-corrected chi connectivity index (χ4v) is 3.92. The van der Waals surface area contributed by atoms with Crippen molar-refractivity contribution in [1.82, 2.24) is 14.5 Å². The number of halogens is 1. The SMILES string of the molecule is CCNC(=NCC1CCN(S(C)(=O)=O)CC1)N(C)CCOc1ccc(F)cc1. The molecule has 2 rings (SSSR count). The smallest absolute Gasteiger partial charge is 0.211 e. The van der Waals surface area contributed by atoms with Gasteiger partial charge >= 0.3 is 0 Å². The van der Waals surface area contributed by atoms with Crippen LogP contribution in [0.25, 0.3) is 0 Å². The Hall–Kier alpha value is -1.87. The molecule has 1 aromatic rings. The normalized spacial score (nSPS) is 16.8. The highest BCUT2D eigenvalue weighted by atomic mass is 32.2. The van der Waals surface area contributed by atoms with Crippen LogP contribution in [0.2, 0.25) is 0 Å². The Labute approximate surface area is 167 Å². The maximum Gasteiger partial charge on any atom is 0.211 e. The number of guanidine groups is 1. The van der Waals surface area contributed by atoms with Crippen LogP contribution in [0.1, 0.15) is 19.8 Å². The van der Waals surface area contributed by atoms with Gasteiger partial charge in [-0.05, 0) is 49.9 Å². The molecule has 7 nitrogen and oxygen atoms in total. The van der Waals surface area contributed by atoms with Crippen LogP contribution in [0.15, 0.2) is 29.3 Å². The molecule has 1 aliphatic heterocycles. The first-order valence-electron chi connectivity index (χ1n) is 9.62. The molecule has 0 aromatic heterocycles. The number of nitrogens with zero attached hydrogens (tertiary/aromatic N) is 3. The van der Waals surface area contributed by atoms with Crippen molar-refractivity contribution in [2.24, 2.45) is 10.9 Å². The quantitative estimate of drug-likeness (QED) is 0.518. The van der Waals surface area contributed by atoms with Gasteiger partial charge in [-0.2, -0.15) is 0 Å². The van der Waals surface area contributed by atoms with E-state index in [0.29, 0.717) is 44.5 Å². The van der Waals surface area contributed by atoms with E-state index in [0.717, 1.165) is 25.3 Å². The minimum atomic E-state index is -3.10. The summed E-state index contributed by atoms with van der Waals surface area (Å²) in [5.74, 6) is 1.54. The Morgan fingerprint density at radius 3 is 2.54 bits per heavy atom. The molecule has 1 aliphatic rings. The lowest BCUT2D eigenvalue weighted by atomic mass is 9.98. The molecule has 0 atom stereocenters. The molecule has 9 heteroatoms. The van der Waals surface area contributed by atoms with Gasteiger partial charge in [-0.1, -0.05) is 0 Å². The van der Waals surface area contributed by atoms with E-state index in [-0.39, 0.29) is 5.82 Å². The van der Waals surface area contributed by atoms with Crippen molar-refractivity contribution in [1.29, 1.82) is 0 Å². The third-order valence-electron chi connectivity index (χ3n) is 4.75. The van der Waals surface area contributed by atoms with E-state index in [1.807, 2.05) is 18.9 Å². The lowest BCUT2D eigenvalue weighted by Gasteiger charge is -2.30. The molecule has 1 N–H and O–H groups in total. The van der Waals surface area contributed by atoms with E-state index >= 15 is 0 Å². The first kappa shape index (κ1) is 22.4. The second-order valence-corrected chi connectivity index (χ2v) is 9.01. The number of nitrogens with one attached hydrogen (secondary N) is 1. The number of benzene rings is 1. The number of rotatable bonds is 8. The first-order valence-corrected chi connectivity index (χ1v) is 11.5. The highest BCUT2D eigenvalue weighted by Gasteiger charge is 2.24. The van der Waals surface area contributed by atoms with Gasteiger partial charge in [-0.25, -0.2) is 17.1 Å². The summed E-state index contributed by atoms with van der Waals surface area (Å²) in [5.41, 5.74) is 0. The minimum absolute atomic E-state index is 0.284. The van der Waals surface area contributed by atoms with E-state index in [2.05, 4.69) is 5.32 Å². The maximum atomic E-state index is 12.9. The van der Waals surface area contributed by atoms with Crippen molar-refractivity contribution >= 4 is 16.0 Å². The van der Waals surface area contributed by atoms with Crippen molar-refractivity contribution in [2.45, 2.75) is 19.8 Å². The average Bonchev–Trinajstić information content (AvgIpc) is 2.66. The number of hydrogen-bond donors (Lipinski definition) is 1. The molecule has 0 saturated carbocycles. The van der Waals surface area contributed by atoms with Crippen LogP contribution in [0, 0.1) is 11.7 Å². The lowest BCUT2D eigenvalue weighted by Crippen LogP contribution is -2.42. The number of likely N-dealkylation sites (N-methyl/N-ethyl adjacent to an activating group) is 1. The Morgan fingerprint density at radius 1 is 1.32 bits per heavy atom. The summed E-state index contributed by atoms with van der Waals surface area (Å²) in [7, 11) is -1.15. The number of piperidine rings is 1. The zero-order valence-corrected chi connectivity index (χ0v) is 17.7. The maximum absolute atomic E-state index is 12.9. The van der Waals surface area contributed by atoms with Crippen molar-refractivity contribution in [3.63, 3.8) is 0 Å². The zero-order chi connectivity index (χ0) is 20.6. The van der Waals surface area contributed by atoms with Crippen LogP contribution in [0.5, 0.6) is 5.75 Å². The van der Waals surface area contributed by atoms with Gasteiger partial charge in [0.25, 0.3) is 0 Å². The average molecular weight is 415 g/mol. The molecule has 1 heterocycles. The third kappa shape index (κ3) is 7.27. The molecule has 0 unspecified atom stereocenters. The van der Waals surface area contributed by atoms with Crippen molar-refractivity contribution < 1.29 is 17.5 Å². The summed E-state index contributed by atoms with van der Waals surface area (Å²) in [5, 5.41) is 3.28. The van der Waals surface area contributed by atoms with Gasteiger partial charge in [0.1, 0.15) is 18.2 Å². The predicted molar refractivity (Wildman–Crippen MR) is 110 cm³/mol. The Morgan fingerprint density at radius 2 is 1.96 bits per heavy atom. The minimum Gasteiger partial charge on any atom is -0.492 e. The van der Waals surface area contributed by atoms with Crippen LogP contribution < -0.4 is 10.1 Å². The van der Waals surface area contributed by atoms with Crippen LogP contribution in [0.4, 0.5) is 4.39 Å². The Balaban J connectivity index is 1.81. The van der Waals surface area contributed by atoms with E-state index in [1.54, 1.807) is 12.1 Å². The molecule has 1 fully saturated rings. The molecule has 0 spiro atoms. The van der Waals surface area contributed by atoms with Gasteiger partial charge in [-0.15, -0.1) is 0 Å². The first-order chi connectivity index (χ1) is 13.3. The Bertz CT molecular complexity index is 732. The van der Waals surface area contributed by atoms with Crippen molar-refractivity contribution in [2.75, 3.05) is 52.6 Å². The fourth-order valence-electron chi connectivity index (χ4n) is 3.05. The van der Waals surface area contributed by atoms with E-state index < -0.39 is 10.0 Å². The number of ether oxygens (including phenoxy) is 1. The van der Waals surface area contributed by atoms with Crippen molar-refractivity contribution in [3.8, 4) is 5.75 Å². The van der Waals surface area contributed by atoms with Gasteiger partial charge in [0.05, 0.1) is 12.8 Å². The van der Waals surface area contributed by atoms with Crippen LogP contribution in [-0.2, 0) is 10.0 Å². The van der Waals surface area contributed by atoms with Gasteiger partial charge in [0, 0.05) is 33.2 Å². The zero-order valence-electron chi connectivity index (χ0n) is 16.9. The third-order valence-corrected chi connectivity index (χ3v) is 6.05. The molecular formula is C19H31FN4O3S. The summed E-state index contributed by atoms with van der Waals surface area (Å²) in [6.07, 6.45) is 2.92. The van der Waals surface area contributed by atoms with Crippen LogP contribution in [0.3, 0.4) is 0 Å². The standard InChI is InChI=1S/C19H31FN4O3S/c1-4-21-19(22-15-16-9-11-24(12-10-16)28(3,25)26)23(2)13-14-27-18-7-5-17(20)6-8-18/h5-8,16H,4,9-15H2,1-3H3,(H,21,22). The van der Waals surface area contributed by atoms with Crippen LogP contribution in [-0.4, -0.2) is 76.2 Å². The topological polar surface area (TPSA) is 74.2 Å². The number of aliphatic imine (C=N–C) groups is 1. The van der Waals surface area contributed by atoms with E-state index in [9.17, 15) is 12.8 Å². The van der Waals surface area contributed by atoms with E-state index in [4.69, 9.17) is 9.73 Å². The van der Waals surface area contributed by atoms with E-state index in [1.165, 1.54) is 22.7 Å². The van der Waals surface area contributed by atoms with Gasteiger partial charge < -0.3 is 15.0 Å². The molecule has 0 aliphatic carbocycles. The van der Waals surface area contributed by atoms with Gasteiger partial charge in [0.2, 0.25) is 10.0 Å². The highest BCUT2D eigenvalue weighted by Crippen LogP contribution is 2.19. The summed E-state index contributed by atoms with van der Waals surface area (Å²) < 4.78 is 43.3. The predicted octanol–water partition coefficient (Wildman–Crippen LogP) is 1.77. The molecule has 1 saturated heterocycles. The Kier molecular flexibility index (Phi) is 8.50. The van der Waals surface area contributed by atoms with Gasteiger partial charge in [-0.3, -0.25) is 4.99 Å². The molecule has 28 heavy (non-hydrogen) atoms. The lowest BCUT2D eigenvalue weighted by molar-refractivity contribution is 0.274. The summed E-state index contributed by atoms with van der Waals surface area (Å²) in [6.45, 7) is 5.67. The number of sulfonamides is 1. The second-order valence-electron chi connectivity index (χ2n) is 7.02. The molecule has 0 bridgehead atoms. The second kappa shape index (κ2) is 10.6. The van der Waals surface area contributed by atoms with Gasteiger partial charge in [0.15, 0.2) is 5.96 Å². The monoisotopic (exact) mass is 414 g/mol. The molecule has 0 amide bonds. The largest absolute Gasteiger partial charge is 0.492 e. The molecule has 0 radical (unpaired) electrons. The molecular weight excluding hydrogens is 383 g/mol. The highest BCUT2D eigenvalue weighted by molar-refractivity contribution is 7.88. The summed E-state index contributed by atoms with van der Waals surface area (Å²) in [4.78, 5) is 6.72. The number of hydrogen-bond acceptors (Lipinski definition) is 4. The van der Waals surface area contributed by atoms with Crippen LogP contribution >= 0.6 is 0 Å².